The molecule has 1 aromatic heterocycles. The zero-order valence-corrected chi connectivity index (χ0v) is 16.2. The van der Waals surface area contributed by atoms with Gasteiger partial charge in [-0.25, -0.2) is 9.37 Å². The molecule has 0 spiro atoms. The number of aromatic nitrogens is 1. The Morgan fingerprint density at radius 2 is 2.07 bits per heavy atom. The van der Waals surface area contributed by atoms with Gasteiger partial charge in [0, 0.05) is 12.0 Å². The highest BCUT2D eigenvalue weighted by Gasteiger charge is 2.24. The number of benzene rings is 2. The van der Waals surface area contributed by atoms with Crippen LogP contribution in [-0.4, -0.2) is 22.7 Å². The van der Waals surface area contributed by atoms with Crippen molar-refractivity contribution in [1.82, 2.24) is 4.98 Å². The van der Waals surface area contributed by atoms with E-state index in [1.54, 1.807) is 12.1 Å². The van der Waals surface area contributed by atoms with Gasteiger partial charge in [0.15, 0.2) is 0 Å². The SMILES string of the molecule is Cc1oc(-c2ccc(F)cc2)nc1CCOc1ccc2c(c1)CC[C@H]2CC(=O)O. The van der Waals surface area contributed by atoms with Crippen molar-refractivity contribution in [1.29, 1.82) is 0 Å². The molecular weight excluding hydrogens is 373 g/mol. The molecule has 0 aliphatic heterocycles. The molecule has 3 aromatic rings. The second-order valence-corrected chi connectivity index (χ2v) is 7.32. The highest BCUT2D eigenvalue weighted by Crippen LogP contribution is 2.37. The normalized spacial score (nSPS) is 15.3. The molecule has 1 aliphatic rings. The predicted molar refractivity (Wildman–Crippen MR) is 106 cm³/mol. The van der Waals surface area contributed by atoms with Crippen LogP contribution in [0.2, 0.25) is 0 Å². The molecule has 2 aromatic carbocycles. The third-order valence-electron chi connectivity index (χ3n) is 5.33. The van der Waals surface area contributed by atoms with Crippen LogP contribution in [0.1, 0.15) is 41.3 Å². The second-order valence-electron chi connectivity index (χ2n) is 7.32. The van der Waals surface area contributed by atoms with Gasteiger partial charge >= 0.3 is 5.97 Å². The average molecular weight is 395 g/mol. The Balaban J connectivity index is 1.37. The minimum atomic E-state index is -0.758. The number of oxazole rings is 1. The summed E-state index contributed by atoms with van der Waals surface area (Å²) in [4.78, 5) is 15.5. The summed E-state index contributed by atoms with van der Waals surface area (Å²) < 4.78 is 24.7. The van der Waals surface area contributed by atoms with Crippen LogP contribution in [0, 0.1) is 12.7 Å². The van der Waals surface area contributed by atoms with Gasteiger partial charge in [-0.15, -0.1) is 0 Å². The molecule has 0 radical (unpaired) electrons. The first-order valence-corrected chi connectivity index (χ1v) is 9.69. The molecule has 0 unspecified atom stereocenters. The first kappa shape index (κ1) is 19.2. The van der Waals surface area contributed by atoms with Crippen molar-refractivity contribution < 1.29 is 23.4 Å². The van der Waals surface area contributed by atoms with Crippen LogP contribution in [0.3, 0.4) is 0 Å². The van der Waals surface area contributed by atoms with E-state index < -0.39 is 5.97 Å². The Labute approximate surface area is 168 Å². The maximum atomic E-state index is 13.1. The molecule has 0 saturated carbocycles. The lowest BCUT2D eigenvalue weighted by molar-refractivity contribution is -0.137. The summed E-state index contributed by atoms with van der Waals surface area (Å²) in [6, 6.07) is 11.9. The van der Waals surface area contributed by atoms with Crippen LogP contribution in [-0.2, 0) is 17.6 Å². The van der Waals surface area contributed by atoms with Crippen molar-refractivity contribution in [2.75, 3.05) is 6.61 Å². The topological polar surface area (TPSA) is 72.6 Å². The van der Waals surface area contributed by atoms with Crippen LogP contribution >= 0.6 is 0 Å². The van der Waals surface area contributed by atoms with Crippen molar-refractivity contribution in [3.8, 4) is 17.2 Å². The van der Waals surface area contributed by atoms with E-state index in [0.717, 1.165) is 41.2 Å². The van der Waals surface area contributed by atoms with E-state index >= 15 is 0 Å². The molecule has 29 heavy (non-hydrogen) atoms. The largest absolute Gasteiger partial charge is 0.493 e. The molecule has 1 heterocycles. The summed E-state index contributed by atoms with van der Waals surface area (Å²) in [6.45, 7) is 2.31. The maximum Gasteiger partial charge on any atom is 0.303 e. The van der Waals surface area contributed by atoms with Gasteiger partial charge in [0.1, 0.15) is 17.3 Å². The first-order chi connectivity index (χ1) is 14.0. The highest BCUT2D eigenvalue weighted by atomic mass is 19.1. The lowest BCUT2D eigenvalue weighted by Crippen LogP contribution is -2.04. The molecule has 1 atom stereocenters. The number of aryl methyl sites for hydroxylation is 2. The zero-order chi connectivity index (χ0) is 20.4. The quantitative estimate of drug-likeness (QED) is 0.615. The number of halogens is 1. The van der Waals surface area contributed by atoms with E-state index in [4.69, 9.17) is 14.3 Å². The highest BCUT2D eigenvalue weighted by molar-refractivity contribution is 5.68. The lowest BCUT2D eigenvalue weighted by Gasteiger charge is -2.10. The van der Waals surface area contributed by atoms with Crippen molar-refractivity contribution in [3.05, 3.63) is 70.9 Å². The lowest BCUT2D eigenvalue weighted by atomic mass is 9.98. The summed E-state index contributed by atoms with van der Waals surface area (Å²) in [5, 5.41) is 9.03. The van der Waals surface area contributed by atoms with Crippen LogP contribution in [0.25, 0.3) is 11.5 Å². The molecule has 4 rings (SSSR count). The number of carboxylic acid groups (broad SMARTS) is 1. The van der Waals surface area contributed by atoms with Gasteiger partial charge in [-0.1, -0.05) is 6.07 Å². The molecule has 0 amide bonds. The number of nitrogens with zero attached hydrogens (tertiary/aromatic N) is 1. The number of rotatable bonds is 7. The molecule has 6 heteroatoms. The molecule has 150 valence electrons. The number of carboxylic acids is 1. The van der Waals surface area contributed by atoms with Gasteiger partial charge in [-0.05, 0) is 73.2 Å². The summed E-state index contributed by atoms with van der Waals surface area (Å²) in [6.07, 6.45) is 2.52. The molecule has 1 aliphatic carbocycles. The number of hydrogen-bond acceptors (Lipinski definition) is 4. The molecule has 1 N–H and O–H groups in total. The van der Waals surface area contributed by atoms with Crippen LogP contribution in [0.5, 0.6) is 5.75 Å². The number of hydrogen-bond donors (Lipinski definition) is 1. The van der Waals surface area contributed by atoms with Gasteiger partial charge in [-0.3, -0.25) is 4.79 Å². The second kappa shape index (κ2) is 8.07. The molecular formula is C23H22FNO4. The van der Waals surface area contributed by atoms with Crippen molar-refractivity contribution in [2.45, 2.75) is 38.5 Å². The van der Waals surface area contributed by atoms with Crippen molar-refractivity contribution in [3.63, 3.8) is 0 Å². The fourth-order valence-corrected chi connectivity index (χ4v) is 3.84. The summed E-state index contributed by atoms with van der Waals surface area (Å²) in [7, 11) is 0. The standard InChI is InChI=1S/C23H22FNO4/c1-14-21(25-23(29-14)15-4-6-18(24)7-5-15)10-11-28-19-8-9-20-16(12-19)2-3-17(20)13-22(26)27/h4-9,12,17H,2-3,10-11,13H2,1H3,(H,26,27)/t17-/m0/s1. The van der Waals surface area contributed by atoms with E-state index in [9.17, 15) is 9.18 Å². The average Bonchev–Trinajstić information content (AvgIpc) is 3.25. The third-order valence-corrected chi connectivity index (χ3v) is 5.33. The van der Waals surface area contributed by atoms with Crippen LogP contribution in [0.4, 0.5) is 4.39 Å². The number of ether oxygens (including phenoxy) is 1. The van der Waals surface area contributed by atoms with Gasteiger partial charge < -0.3 is 14.3 Å². The Hall–Kier alpha value is -3.15. The maximum absolute atomic E-state index is 13.1. The van der Waals surface area contributed by atoms with Gasteiger partial charge in [-0.2, -0.15) is 0 Å². The Kier molecular flexibility index (Phi) is 5.34. The number of fused-ring (bicyclic) bond motifs is 1. The Bertz CT molecular complexity index is 1030. The fourth-order valence-electron chi connectivity index (χ4n) is 3.84. The van der Waals surface area contributed by atoms with E-state index in [2.05, 4.69) is 4.98 Å². The van der Waals surface area contributed by atoms with Crippen molar-refractivity contribution in [2.24, 2.45) is 0 Å². The predicted octanol–water partition coefficient (Wildman–Crippen LogP) is 4.92. The van der Waals surface area contributed by atoms with E-state index in [0.29, 0.717) is 18.9 Å². The van der Waals surface area contributed by atoms with Crippen molar-refractivity contribution >= 4 is 5.97 Å². The van der Waals surface area contributed by atoms with E-state index in [1.165, 1.54) is 17.7 Å². The van der Waals surface area contributed by atoms with Crippen LogP contribution < -0.4 is 4.74 Å². The Morgan fingerprint density at radius 3 is 2.83 bits per heavy atom. The fraction of sp³-hybridized carbons (Fsp3) is 0.304. The van der Waals surface area contributed by atoms with Gasteiger partial charge in [0.05, 0.1) is 18.7 Å². The molecule has 0 fully saturated rings. The molecule has 5 nitrogen and oxygen atoms in total. The minimum absolute atomic E-state index is 0.0965. The first-order valence-electron chi connectivity index (χ1n) is 9.69. The van der Waals surface area contributed by atoms with Gasteiger partial charge in [0.2, 0.25) is 5.89 Å². The monoisotopic (exact) mass is 395 g/mol. The minimum Gasteiger partial charge on any atom is -0.493 e. The van der Waals surface area contributed by atoms with E-state index in [1.807, 2.05) is 25.1 Å². The van der Waals surface area contributed by atoms with E-state index in [-0.39, 0.29) is 18.2 Å². The summed E-state index contributed by atoms with van der Waals surface area (Å²) in [5.74, 6) is 1.01. The van der Waals surface area contributed by atoms with Gasteiger partial charge in [0.25, 0.3) is 0 Å². The summed E-state index contributed by atoms with van der Waals surface area (Å²) >= 11 is 0. The molecule has 0 bridgehead atoms. The zero-order valence-electron chi connectivity index (χ0n) is 16.2. The Morgan fingerprint density at radius 1 is 1.28 bits per heavy atom. The smallest absolute Gasteiger partial charge is 0.303 e. The molecule has 0 saturated heterocycles. The number of carbonyl (C=O) groups is 1. The number of aliphatic carboxylic acids is 1. The summed E-state index contributed by atoms with van der Waals surface area (Å²) in [5.41, 5.74) is 3.84. The third kappa shape index (κ3) is 4.31. The van der Waals surface area contributed by atoms with Crippen LogP contribution in [0.15, 0.2) is 46.9 Å².